The number of nitrogens with one attached hydrogen (secondary N) is 1. The van der Waals surface area contributed by atoms with Gasteiger partial charge in [0.25, 0.3) is 0 Å². The van der Waals surface area contributed by atoms with E-state index in [0.29, 0.717) is 11.7 Å². The van der Waals surface area contributed by atoms with Crippen molar-refractivity contribution in [1.82, 2.24) is 0 Å². The zero-order valence-electron chi connectivity index (χ0n) is 12.3. The van der Waals surface area contributed by atoms with Crippen molar-refractivity contribution < 1.29 is 4.92 Å². The number of para-hydroxylation sites is 1. The molecule has 1 saturated heterocycles. The number of piperidine rings is 1. The number of hydrogen-bond donors (Lipinski definition) is 1. The minimum absolute atomic E-state index is 0.206. The lowest BCUT2D eigenvalue weighted by atomic mass is 9.97. The Balaban J connectivity index is 2.41. The van der Waals surface area contributed by atoms with Crippen molar-refractivity contribution in [3.8, 4) is 0 Å². The van der Waals surface area contributed by atoms with Gasteiger partial charge in [0.1, 0.15) is 11.4 Å². The van der Waals surface area contributed by atoms with Gasteiger partial charge in [-0.15, -0.1) is 0 Å². The number of benzene rings is 1. The fourth-order valence-electron chi connectivity index (χ4n) is 3.11. The Morgan fingerprint density at radius 2 is 2.25 bits per heavy atom. The third kappa shape index (κ3) is 2.86. The Kier molecular flexibility index (Phi) is 4.82. The second-order valence-electron chi connectivity index (χ2n) is 5.31. The fraction of sp³-hybridized carbons (Fsp3) is 0.600. The van der Waals surface area contributed by atoms with Crippen molar-refractivity contribution in [3.05, 3.63) is 28.3 Å². The van der Waals surface area contributed by atoms with Gasteiger partial charge in [0.2, 0.25) is 0 Å². The molecule has 1 fully saturated rings. The molecule has 0 radical (unpaired) electrons. The van der Waals surface area contributed by atoms with E-state index >= 15 is 0 Å². The number of nitrogens with zero attached hydrogens (tertiary/aromatic N) is 2. The molecule has 20 heavy (non-hydrogen) atoms. The van der Waals surface area contributed by atoms with Gasteiger partial charge in [-0.2, -0.15) is 0 Å². The van der Waals surface area contributed by atoms with Crippen molar-refractivity contribution in [2.24, 2.45) is 0 Å². The topological polar surface area (TPSA) is 58.4 Å². The summed E-state index contributed by atoms with van der Waals surface area (Å²) in [7, 11) is 1.73. The second-order valence-corrected chi connectivity index (χ2v) is 5.31. The van der Waals surface area contributed by atoms with Crippen molar-refractivity contribution >= 4 is 17.1 Å². The Labute approximate surface area is 120 Å². The molecule has 1 N–H and O–H groups in total. The summed E-state index contributed by atoms with van der Waals surface area (Å²) in [4.78, 5) is 13.4. The molecule has 0 spiro atoms. The van der Waals surface area contributed by atoms with E-state index in [9.17, 15) is 10.1 Å². The lowest BCUT2D eigenvalue weighted by Gasteiger charge is -2.37. The lowest BCUT2D eigenvalue weighted by Crippen LogP contribution is -2.39. The number of rotatable bonds is 5. The molecule has 0 aromatic heterocycles. The van der Waals surface area contributed by atoms with Crippen LogP contribution in [0.25, 0.3) is 0 Å². The van der Waals surface area contributed by atoms with Crippen molar-refractivity contribution in [3.63, 3.8) is 0 Å². The van der Waals surface area contributed by atoms with Gasteiger partial charge in [-0.05, 0) is 37.8 Å². The van der Waals surface area contributed by atoms with E-state index in [-0.39, 0.29) is 10.6 Å². The molecule has 110 valence electrons. The molecule has 0 aliphatic carbocycles. The molecule has 5 nitrogen and oxygen atoms in total. The first-order valence-electron chi connectivity index (χ1n) is 7.40. The minimum atomic E-state index is -0.265. The molecule has 1 heterocycles. The highest BCUT2D eigenvalue weighted by atomic mass is 16.6. The van der Waals surface area contributed by atoms with E-state index in [4.69, 9.17) is 0 Å². The van der Waals surface area contributed by atoms with Crippen LogP contribution in [0.3, 0.4) is 0 Å². The SMILES string of the molecule is CCCC1CCCCN1c1cccc(NC)c1[N+](=O)[O-]. The summed E-state index contributed by atoms with van der Waals surface area (Å²) in [6.45, 7) is 3.09. The van der Waals surface area contributed by atoms with Gasteiger partial charge in [-0.3, -0.25) is 10.1 Å². The highest BCUT2D eigenvalue weighted by Crippen LogP contribution is 2.38. The second kappa shape index (κ2) is 6.59. The summed E-state index contributed by atoms with van der Waals surface area (Å²) in [5, 5.41) is 14.4. The zero-order valence-corrected chi connectivity index (χ0v) is 12.3. The molecule has 0 saturated carbocycles. The Hall–Kier alpha value is -1.78. The van der Waals surface area contributed by atoms with Crippen LogP contribution >= 0.6 is 0 Å². The number of nitro benzene ring substituents is 1. The molecule has 1 aromatic rings. The average molecular weight is 277 g/mol. The highest BCUT2D eigenvalue weighted by molar-refractivity contribution is 5.77. The maximum absolute atomic E-state index is 11.4. The Morgan fingerprint density at radius 3 is 2.90 bits per heavy atom. The van der Waals surface area contributed by atoms with Gasteiger partial charge >= 0.3 is 5.69 Å². The van der Waals surface area contributed by atoms with Crippen LogP contribution in [0.2, 0.25) is 0 Å². The molecule has 0 bridgehead atoms. The normalized spacial score (nSPS) is 18.9. The molecule has 1 aliphatic heterocycles. The van der Waals surface area contributed by atoms with Crippen LogP contribution in [0.5, 0.6) is 0 Å². The van der Waals surface area contributed by atoms with Crippen LogP contribution in [0.4, 0.5) is 17.1 Å². The molecular formula is C15H23N3O2. The van der Waals surface area contributed by atoms with Crippen LogP contribution in [0.1, 0.15) is 39.0 Å². The van der Waals surface area contributed by atoms with Crippen LogP contribution in [-0.2, 0) is 0 Å². The third-order valence-electron chi connectivity index (χ3n) is 4.03. The van der Waals surface area contributed by atoms with Gasteiger partial charge in [0.15, 0.2) is 0 Å². The first-order chi connectivity index (χ1) is 9.69. The molecule has 1 atom stereocenters. The lowest BCUT2D eigenvalue weighted by molar-refractivity contribution is -0.383. The Bertz CT molecular complexity index is 474. The zero-order chi connectivity index (χ0) is 14.5. The third-order valence-corrected chi connectivity index (χ3v) is 4.03. The fourth-order valence-corrected chi connectivity index (χ4v) is 3.11. The van der Waals surface area contributed by atoms with Crippen LogP contribution in [0.15, 0.2) is 18.2 Å². The number of hydrogen-bond acceptors (Lipinski definition) is 4. The van der Waals surface area contributed by atoms with Crippen molar-refractivity contribution in [2.45, 2.75) is 45.1 Å². The largest absolute Gasteiger partial charge is 0.382 e. The summed E-state index contributed by atoms with van der Waals surface area (Å²) in [6.07, 6.45) is 5.68. The molecule has 5 heteroatoms. The van der Waals surface area contributed by atoms with Crippen LogP contribution < -0.4 is 10.2 Å². The minimum Gasteiger partial charge on any atom is -0.382 e. The monoisotopic (exact) mass is 277 g/mol. The smallest absolute Gasteiger partial charge is 0.315 e. The van der Waals surface area contributed by atoms with Crippen molar-refractivity contribution in [2.75, 3.05) is 23.8 Å². The van der Waals surface area contributed by atoms with Gasteiger partial charge in [0.05, 0.1) is 4.92 Å². The van der Waals surface area contributed by atoms with E-state index in [1.54, 1.807) is 13.1 Å². The standard InChI is InChI=1S/C15H23N3O2/c1-3-7-12-8-4-5-11-17(12)14-10-6-9-13(16-2)15(14)18(19)20/h6,9-10,12,16H,3-5,7-8,11H2,1-2H3. The van der Waals surface area contributed by atoms with E-state index in [0.717, 1.165) is 37.9 Å². The Morgan fingerprint density at radius 1 is 1.45 bits per heavy atom. The van der Waals surface area contributed by atoms with Crippen LogP contribution in [-0.4, -0.2) is 24.6 Å². The quantitative estimate of drug-likeness (QED) is 0.657. The molecule has 1 aliphatic rings. The summed E-state index contributed by atoms with van der Waals surface area (Å²) in [5.41, 5.74) is 1.56. The van der Waals surface area contributed by atoms with E-state index < -0.39 is 0 Å². The summed E-state index contributed by atoms with van der Waals surface area (Å²) in [5.74, 6) is 0. The summed E-state index contributed by atoms with van der Waals surface area (Å²) >= 11 is 0. The highest BCUT2D eigenvalue weighted by Gasteiger charge is 2.29. The molecule has 2 rings (SSSR count). The predicted molar refractivity (Wildman–Crippen MR) is 82.5 cm³/mol. The van der Waals surface area contributed by atoms with Crippen molar-refractivity contribution in [1.29, 1.82) is 0 Å². The van der Waals surface area contributed by atoms with Gasteiger partial charge in [-0.25, -0.2) is 0 Å². The van der Waals surface area contributed by atoms with E-state index in [1.807, 2.05) is 12.1 Å². The predicted octanol–water partition coefficient (Wildman–Crippen LogP) is 3.80. The van der Waals surface area contributed by atoms with E-state index in [1.165, 1.54) is 6.42 Å². The summed E-state index contributed by atoms with van der Waals surface area (Å²) in [6, 6.07) is 5.97. The average Bonchev–Trinajstić information content (AvgIpc) is 2.47. The molecule has 0 amide bonds. The number of nitro groups is 1. The van der Waals surface area contributed by atoms with Gasteiger partial charge in [0, 0.05) is 19.6 Å². The molecule has 1 unspecified atom stereocenters. The summed E-state index contributed by atoms with van der Waals surface area (Å²) < 4.78 is 0. The number of anilines is 2. The van der Waals surface area contributed by atoms with Crippen LogP contribution in [0, 0.1) is 10.1 Å². The first kappa shape index (κ1) is 14.6. The molecule has 1 aromatic carbocycles. The maximum Gasteiger partial charge on any atom is 0.315 e. The maximum atomic E-state index is 11.4. The first-order valence-corrected chi connectivity index (χ1v) is 7.40. The van der Waals surface area contributed by atoms with Gasteiger partial charge in [-0.1, -0.05) is 19.4 Å². The molecular weight excluding hydrogens is 254 g/mol. The van der Waals surface area contributed by atoms with Gasteiger partial charge < -0.3 is 10.2 Å². The van der Waals surface area contributed by atoms with E-state index in [2.05, 4.69) is 17.1 Å².